The number of aromatic hydroxyl groups is 2. The molecule has 26 heavy (non-hydrogen) atoms. The van der Waals surface area contributed by atoms with Crippen molar-refractivity contribution in [2.45, 2.75) is 6.92 Å². The molecule has 0 aliphatic heterocycles. The highest BCUT2D eigenvalue weighted by Crippen LogP contribution is 2.40. The van der Waals surface area contributed by atoms with E-state index in [0.717, 1.165) is 0 Å². The number of phenols is 2. The van der Waals surface area contributed by atoms with E-state index in [1.807, 2.05) is 0 Å². The van der Waals surface area contributed by atoms with Crippen LogP contribution in [0.25, 0.3) is 22.3 Å². The van der Waals surface area contributed by atoms with Gasteiger partial charge in [0.25, 0.3) is 0 Å². The molecular formula is C19H18O7. The Bertz CT molecular complexity index is 1050. The van der Waals surface area contributed by atoms with Crippen molar-refractivity contribution in [2.24, 2.45) is 0 Å². The molecule has 0 aliphatic rings. The van der Waals surface area contributed by atoms with Crippen LogP contribution in [-0.4, -0.2) is 31.5 Å². The van der Waals surface area contributed by atoms with E-state index in [2.05, 4.69) is 0 Å². The quantitative estimate of drug-likeness (QED) is 0.691. The summed E-state index contributed by atoms with van der Waals surface area (Å²) in [7, 11) is 4.32. The molecule has 7 nitrogen and oxygen atoms in total. The maximum atomic E-state index is 13.0. The summed E-state index contributed by atoms with van der Waals surface area (Å²) >= 11 is 0. The van der Waals surface area contributed by atoms with Gasteiger partial charge in [0, 0.05) is 17.2 Å². The van der Waals surface area contributed by atoms with Crippen molar-refractivity contribution in [1.29, 1.82) is 0 Å². The third-order valence-corrected chi connectivity index (χ3v) is 4.16. The van der Waals surface area contributed by atoms with E-state index in [-0.39, 0.29) is 34.0 Å². The van der Waals surface area contributed by atoms with E-state index in [9.17, 15) is 15.0 Å². The molecule has 3 aromatic rings. The lowest BCUT2D eigenvalue weighted by atomic mass is 10.1. The monoisotopic (exact) mass is 358 g/mol. The molecule has 0 amide bonds. The van der Waals surface area contributed by atoms with Crippen LogP contribution >= 0.6 is 0 Å². The first kappa shape index (κ1) is 17.5. The molecule has 0 saturated heterocycles. The minimum Gasteiger partial charge on any atom is -0.504 e. The molecule has 0 saturated carbocycles. The Labute approximate surface area is 149 Å². The predicted molar refractivity (Wildman–Crippen MR) is 95.6 cm³/mol. The van der Waals surface area contributed by atoms with Gasteiger partial charge in [-0.2, -0.15) is 0 Å². The van der Waals surface area contributed by atoms with Crippen LogP contribution in [0, 0.1) is 6.92 Å². The average molecular weight is 358 g/mol. The summed E-state index contributed by atoms with van der Waals surface area (Å²) in [5.41, 5.74) is 0.859. The number of benzene rings is 2. The summed E-state index contributed by atoms with van der Waals surface area (Å²) in [6.45, 7) is 1.77. The van der Waals surface area contributed by atoms with E-state index in [1.165, 1.54) is 39.5 Å². The van der Waals surface area contributed by atoms with E-state index >= 15 is 0 Å². The van der Waals surface area contributed by atoms with Crippen LogP contribution < -0.4 is 19.6 Å². The van der Waals surface area contributed by atoms with Crippen LogP contribution in [0.1, 0.15) is 5.56 Å². The highest BCUT2D eigenvalue weighted by molar-refractivity contribution is 5.90. The largest absolute Gasteiger partial charge is 0.504 e. The van der Waals surface area contributed by atoms with Crippen LogP contribution in [0.15, 0.2) is 33.5 Å². The zero-order valence-electron chi connectivity index (χ0n) is 14.7. The molecule has 7 heteroatoms. The normalized spacial score (nSPS) is 10.8. The molecule has 0 atom stereocenters. The van der Waals surface area contributed by atoms with Gasteiger partial charge in [0.15, 0.2) is 17.3 Å². The lowest BCUT2D eigenvalue weighted by Gasteiger charge is -2.15. The van der Waals surface area contributed by atoms with Crippen LogP contribution in [-0.2, 0) is 0 Å². The number of hydrogen-bond acceptors (Lipinski definition) is 7. The number of fused-ring (bicyclic) bond motifs is 1. The molecule has 3 rings (SSSR count). The van der Waals surface area contributed by atoms with E-state index < -0.39 is 5.43 Å². The minimum atomic E-state index is -0.418. The maximum Gasteiger partial charge on any atom is 0.239 e. The highest BCUT2D eigenvalue weighted by Gasteiger charge is 2.23. The van der Waals surface area contributed by atoms with Crippen molar-refractivity contribution >= 4 is 11.0 Å². The zero-order chi connectivity index (χ0) is 19.0. The Morgan fingerprint density at radius 1 is 0.923 bits per heavy atom. The Kier molecular flexibility index (Phi) is 4.38. The van der Waals surface area contributed by atoms with E-state index in [0.29, 0.717) is 22.6 Å². The molecule has 0 spiro atoms. The molecular weight excluding hydrogens is 340 g/mol. The summed E-state index contributed by atoms with van der Waals surface area (Å²) in [5, 5.41) is 19.5. The molecule has 2 aromatic carbocycles. The number of phenolic OH excluding ortho intramolecular Hbond substituents is 2. The minimum absolute atomic E-state index is 0.0366. The first-order valence-corrected chi connectivity index (χ1v) is 7.71. The van der Waals surface area contributed by atoms with Gasteiger partial charge in [-0.3, -0.25) is 4.79 Å². The molecule has 0 unspecified atom stereocenters. The van der Waals surface area contributed by atoms with Crippen molar-refractivity contribution in [1.82, 2.24) is 0 Å². The van der Waals surface area contributed by atoms with Crippen LogP contribution in [0.4, 0.5) is 0 Å². The second-order valence-corrected chi connectivity index (χ2v) is 5.61. The van der Waals surface area contributed by atoms with Crippen LogP contribution in [0.5, 0.6) is 28.7 Å². The fraction of sp³-hybridized carbons (Fsp3) is 0.211. The molecule has 0 fully saturated rings. The molecule has 0 radical (unpaired) electrons. The third kappa shape index (κ3) is 2.57. The molecule has 136 valence electrons. The number of rotatable bonds is 4. The molecule has 0 aliphatic carbocycles. The summed E-state index contributed by atoms with van der Waals surface area (Å²) in [5.74, 6) is 0.300. The summed E-state index contributed by atoms with van der Waals surface area (Å²) in [6.07, 6.45) is 0. The Morgan fingerprint density at radius 3 is 2.19 bits per heavy atom. The molecule has 1 aromatic heterocycles. The maximum absolute atomic E-state index is 13.0. The third-order valence-electron chi connectivity index (χ3n) is 4.16. The average Bonchev–Trinajstić information content (AvgIpc) is 2.63. The lowest BCUT2D eigenvalue weighted by molar-refractivity contribution is 0.385. The van der Waals surface area contributed by atoms with Crippen molar-refractivity contribution in [2.75, 3.05) is 21.3 Å². The van der Waals surface area contributed by atoms with Gasteiger partial charge in [-0.05, 0) is 25.1 Å². The summed E-state index contributed by atoms with van der Waals surface area (Å²) in [6, 6.07) is 5.68. The number of methoxy groups -OCH3 is 3. The fourth-order valence-electron chi connectivity index (χ4n) is 2.89. The standard InChI is InChI=1S/C19H18O7/c1-9-13(23-2)8-14-15(17(9)24-3)16(22)19(25-4)18(26-14)10-5-6-11(20)12(21)7-10/h5-8,20-21H,1-4H3. The van der Waals surface area contributed by atoms with Gasteiger partial charge < -0.3 is 28.8 Å². The van der Waals surface area contributed by atoms with E-state index in [4.69, 9.17) is 18.6 Å². The summed E-state index contributed by atoms with van der Waals surface area (Å²) < 4.78 is 21.9. The van der Waals surface area contributed by atoms with Crippen LogP contribution in [0.2, 0.25) is 0 Å². The van der Waals surface area contributed by atoms with E-state index in [1.54, 1.807) is 13.0 Å². The predicted octanol–water partition coefficient (Wildman–Crippen LogP) is 3.21. The van der Waals surface area contributed by atoms with Gasteiger partial charge in [-0.25, -0.2) is 0 Å². The Hall–Kier alpha value is -3.35. The van der Waals surface area contributed by atoms with Gasteiger partial charge in [-0.1, -0.05) is 0 Å². The Balaban J connectivity index is 2.43. The van der Waals surface area contributed by atoms with Gasteiger partial charge in [-0.15, -0.1) is 0 Å². The second kappa shape index (κ2) is 6.51. The zero-order valence-corrected chi connectivity index (χ0v) is 14.7. The Morgan fingerprint density at radius 2 is 1.62 bits per heavy atom. The first-order chi connectivity index (χ1) is 12.4. The smallest absolute Gasteiger partial charge is 0.239 e. The second-order valence-electron chi connectivity index (χ2n) is 5.61. The molecule has 2 N–H and O–H groups in total. The van der Waals surface area contributed by atoms with Crippen molar-refractivity contribution in [3.05, 3.63) is 40.1 Å². The number of hydrogen-bond donors (Lipinski definition) is 2. The van der Waals surface area contributed by atoms with Crippen LogP contribution in [0.3, 0.4) is 0 Å². The fourth-order valence-corrected chi connectivity index (χ4v) is 2.89. The SMILES string of the molecule is COc1cc2oc(-c3ccc(O)c(O)c3)c(OC)c(=O)c2c(OC)c1C. The topological polar surface area (TPSA) is 98.4 Å². The first-order valence-electron chi connectivity index (χ1n) is 7.71. The van der Waals surface area contributed by atoms with Gasteiger partial charge in [0.05, 0.1) is 21.3 Å². The van der Waals surface area contributed by atoms with Gasteiger partial charge in [0.1, 0.15) is 22.5 Å². The van der Waals surface area contributed by atoms with Crippen molar-refractivity contribution in [3.63, 3.8) is 0 Å². The van der Waals surface area contributed by atoms with Gasteiger partial charge >= 0.3 is 0 Å². The lowest BCUT2D eigenvalue weighted by Crippen LogP contribution is -2.10. The van der Waals surface area contributed by atoms with Crippen molar-refractivity contribution in [3.8, 4) is 40.1 Å². The highest BCUT2D eigenvalue weighted by atomic mass is 16.5. The van der Waals surface area contributed by atoms with Gasteiger partial charge in [0.2, 0.25) is 11.2 Å². The van der Waals surface area contributed by atoms with Crippen molar-refractivity contribution < 1.29 is 28.8 Å². The number of ether oxygens (including phenoxy) is 3. The molecule has 1 heterocycles. The molecule has 0 bridgehead atoms. The summed E-state index contributed by atoms with van der Waals surface area (Å²) in [4.78, 5) is 13.0.